The monoisotopic (exact) mass is 1640 g/mol. The molecule has 1 fully saturated rings. The summed E-state index contributed by atoms with van der Waals surface area (Å²) < 4.78 is 5.52. The van der Waals surface area contributed by atoms with Gasteiger partial charge in [0.2, 0.25) is 6.08 Å². The summed E-state index contributed by atoms with van der Waals surface area (Å²) in [6.07, 6.45) is 1.18. The number of aliphatic hydroxyl groups excluding tert-OH is 2. The number of benzene rings is 9. The minimum atomic E-state index is -1.72. The number of carbonyl (C=O) groups is 2. The number of carbonyl (C=O) groups excluding carboxylic acids is 3. The summed E-state index contributed by atoms with van der Waals surface area (Å²) in [5, 5.41) is 36.8. The molecular formula is C67H47Br6Cl3N8O6. The number of halogens is 9. The molecule has 0 spiro atoms. The number of nitrogens with zero attached hydrogens (tertiary/aromatic N) is 7. The number of urea groups is 2. The van der Waals surface area contributed by atoms with Crippen LogP contribution in [0.1, 0.15) is 40.9 Å². The first kappa shape index (κ1) is 70.5. The molecule has 9 aromatic carbocycles. The lowest BCUT2D eigenvalue weighted by Gasteiger charge is -2.32. The maximum absolute atomic E-state index is 13.5. The fourth-order valence-corrected chi connectivity index (χ4v) is 11.1. The number of aliphatic imine (C=N–C) groups is 1. The first-order valence-electron chi connectivity index (χ1n) is 26.5. The molecule has 14 nitrogen and oxygen atoms in total. The van der Waals surface area contributed by atoms with Crippen molar-refractivity contribution in [1.82, 2.24) is 0 Å². The summed E-state index contributed by atoms with van der Waals surface area (Å²) in [4.78, 5) is 54.1. The van der Waals surface area contributed by atoms with Crippen molar-refractivity contribution in [2.45, 2.75) is 30.8 Å². The molecule has 454 valence electrons. The molecule has 0 aliphatic carbocycles. The Balaban J connectivity index is 0.000000181. The van der Waals surface area contributed by atoms with Crippen LogP contribution in [0.25, 0.3) is 14.5 Å². The molecule has 0 saturated carbocycles. The van der Waals surface area contributed by atoms with Gasteiger partial charge in [0, 0.05) is 64.7 Å². The lowest BCUT2D eigenvalue weighted by Crippen LogP contribution is -2.44. The average Bonchev–Trinajstić information content (AvgIpc) is 1.59. The fraction of sp³-hybridized carbons (Fsp3) is 0.104. The predicted molar refractivity (Wildman–Crippen MR) is 379 cm³/mol. The number of amides is 4. The van der Waals surface area contributed by atoms with E-state index >= 15 is 0 Å². The second-order valence-electron chi connectivity index (χ2n) is 19.4. The Kier molecular flexibility index (Phi) is 26.5. The van der Waals surface area contributed by atoms with Gasteiger partial charge in [-0.3, -0.25) is 14.7 Å². The number of hydrogen-bond acceptors (Lipinski definition) is 7. The largest absolute Gasteiger partial charge is 0.388 e. The normalized spacial score (nSPS) is 13.6. The molecule has 1 aliphatic rings. The molecule has 0 aromatic heterocycles. The van der Waals surface area contributed by atoms with Gasteiger partial charge in [-0.2, -0.15) is 4.99 Å². The van der Waals surface area contributed by atoms with Crippen LogP contribution in [0.2, 0.25) is 15.1 Å². The molecule has 3 unspecified atom stereocenters. The van der Waals surface area contributed by atoms with Crippen molar-refractivity contribution in [3.05, 3.63) is 299 Å². The van der Waals surface area contributed by atoms with Crippen LogP contribution in [-0.2, 0) is 16.9 Å². The van der Waals surface area contributed by atoms with Crippen molar-refractivity contribution in [3.63, 3.8) is 0 Å². The number of anilines is 4. The van der Waals surface area contributed by atoms with Gasteiger partial charge < -0.3 is 20.6 Å². The lowest BCUT2D eigenvalue weighted by molar-refractivity contribution is 0.0656. The smallest absolute Gasteiger partial charge is 0.331 e. The third-order valence-corrected chi connectivity index (χ3v) is 17.0. The molecule has 0 bridgehead atoms. The van der Waals surface area contributed by atoms with E-state index in [4.69, 9.17) is 54.5 Å². The number of nitrogens with one attached hydrogen (secondary N) is 1. The maximum atomic E-state index is 13.5. The molecular weight excluding hydrogens is 1600 g/mol. The van der Waals surface area contributed by atoms with E-state index in [9.17, 15) is 29.7 Å². The average molecular weight is 1650 g/mol. The van der Waals surface area contributed by atoms with Crippen molar-refractivity contribution in [2.75, 3.05) is 33.1 Å². The summed E-state index contributed by atoms with van der Waals surface area (Å²) in [6.45, 7) is 21.5. The molecule has 1 heterocycles. The van der Waals surface area contributed by atoms with Gasteiger partial charge in [0.1, 0.15) is 0 Å². The van der Waals surface area contributed by atoms with Crippen molar-refractivity contribution >= 4 is 194 Å². The lowest BCUT2D eigenvalue weighted by atomic mass is 10.0. The molecule has 0 radical (unpaired) electrons. The first-order chi connectivity index (χ1) is 43.1. The summed E-state index contributed by atoms with van der Waals surface area (Å²) in [7, 11) is 0. The van der Waals surface area contributed by atoms with Crippen molar-refractivity contribution in [1.29, 1.82) is 0 Å². The van der Waals surface area contributed by atoms with Gasteiger partial charge in [-0.1, -0.05) is 155 Å². The van der Waals surface area contributed by atoms with Crippen molar-refractivity contribution in [2.24, 2.45) is 4.99 Å². The minimum Gasteiger partial charge on any atom is -0.388 e. The molecule has 9 aromatic rings. The Bertz CT molecular complexity index is 4110. The highest BCUT2D eigenvalue weighted by Crippen LogP contribution is 2.43. The van der Waals surface area contributed by atoms with E-state index in [1.54, 1.807) is 115 Å². The van der Waals surface area contributed by atoms with Gasteiger partial charge in [0.15, 0.2) is 22.8 Å². The molecule has 3 atom stereocenters. The van der Waals surface area contributed by atoms with E-state index < -0.39 is 24.0 Å². The van der Waals surface area contributed by atoms with Crippen LogP contribution in [-0.4, -0.2) is 46.6 Å². The highest BCUT2D eigenvalue weighted by Gasteiger charge is 2.51. The van der Waals surface area contributed by atoms with E-state index in [0.717, 1.165) is 33.3 Å². The number of aryl methyl sites for hydroxylation is 1. The molecule has 23 heteroatoms. The van der Waals surface area contributed by atoms with E-state index in [2.05, 4.69) is 120 Å². The van der Waals surface area contributed by atoms with E-state index in [-0.39, 0.29) is 24.8 Å². The standard InChI is InChI=1S/C22H14Br2ClN3O2.C22H16Br2ClN3O2.C16H13BrClNO.C7H4BrNO/c1-26-18-11-14(10-17(25)12-18)22(30)13-27(19-6-2-15(23)3-7-19)21(29)28(22)20-8-4-16(24)5-9-20;1-26-19-11-14(10-17(25)12-19)21(29)13-28(20-8-4-16(24)5-9-20)22(30)27-18-6-2-15(23)3-7-18;1-19-15-9-12(8-14(18)10-15)16(20)7-4-11-2-5-13(17)6-3-11;8-6-1-3-7(4-2-6)9-5-10/h2-12,30H,13H2;2-12,21,29H,13H2,(H,27,30);2-3,5-6,8-10,16,20H,4,7H2;1-4H. The van der Waals surface area contributed by atoms with Crippen LogP contribution in [0.15, 0.2) is 232 Å². The maximum Gasteiger partial charge on any atom is 0.331 e. The zero-order valence-electron chi connectivity index (χ0n) is 46.6. The van der Waals surface area contributed by atoms with Crippen LogP contribution in [0.5, 0.6) is 0 Å². The minimum absolute atomic E-state index is 0.0260. The summed E-state index contributed by atoms with van der Waals surface area (Å²) in [5.41, 5.74) is 5.07. The van der Waals surface area contributed by atoms with Crippen LogP contribution >= 0.6 is 130 Å². The van der Waals surface area contributed by atoms with Gasteiger partial charge in [-0.15, -0.1) is 0 Å². The molecule has 4 N–H and O–H groups in total. The topological polar surface area (TPSA) is 159 Å². The van der Waals surface area contributed by atoms with E-state index in [1.165, 1.54) is 38.5 Å². The Morgan fingerprint density at radius 1 is 0.589 bits per heavy atom. The van der Waals surface area contributed by atoms with Gasteiger partial charge in [-0.25, -0.2) is 28.9 Å². The molecule has 1 aliphatic heterocycles. The van der Waals surface area contributed by atoms with Gasteiger partial charge in [0.25, 0.3) is 0 Å². The quantitative estimate of drug-likeness (QED) is 0.0511. The second-order valence-corrected chi connectivity index (χ2v) is 26.2. The van der Waals surface area contributed by atoms with Gasteiger partial charge in [0.05, 0.1) is 50.7 Å². The third-order valence-electron chi connectivity index (χ3n) is 13.2. The number of β-amino-alcohol motifs (C(OH)–C–C–N with tert-alkyl or cyclic N) is 1. The Labute approximate surface area is 585 Å². The van der Waals surface area contributed by atoms with Crippen LogP contribution in [0.3, 0.4) is 0 Å². The van der Waals surface area contributed by atoms with Gasteiger partial charge in [-0.05, 0) is 211 Å². The summed E-state index contributed by atoms with van der Waals surface area (Å²) in [5.74, 6) is 0. The van der Waals surface area contributed by atoms with E-state index in [0.29, 0.717) is 78.0 Å². The first-order valence-corrected chi connectivity index (χ1v) is 32.4. The second kappa shape index (κ2) is 33.9. The van der Waals surface area contributed by atoms with Crippen molar-refractivity contribution < 1.29 is 29.7 Å². The molecule has 1 saturated heterocycles. The summed E-state index contributed by atoms with van der Waals surface area (Å²) >= 11 is 38.4. The Morgan fingerprint density at radius 3 is 1.50 bits per heavy atom. The van der Waals surface area contributed by atoms with Crippen LogP contribution < -0.4 is 20.0 Å². The zero-order valence-corrected chi connectivity index (χ0v) is 58.4. The number of rotatable bonds is 13. The highest BCUT2D eigenvalue weighted by molar-refractivity contribution is 9.11. The van der Waals surface area contributed by atoms with E-state index in [1.807, 2.05) is 72.8 Å². The number of aliphatic hydroxyl groups is 3. The fourth-order valence-electron chi connectivity index (χ4n) is 8.79. The molecule has 10 rings (SSSR count). The SMILES string of the molecule is O=C=Nc1ccc(Br)cc1.[C-]#[N+]c1cc(Cl)cc(C(O)CCc2ccc(Br)cc2)c1.[C-]#[N+]c1cc(Cl)cc(C(O)CN(C(=O)Nc2ccc(Br)cc2)c2ccc(Br)cc2)c1.[C-]#[N+]c1cc(Cl)cc(C2(O)CN(c3ccc(Br)cc3)C(=O)N2c2ccc(Br)cc2)c1. The third kappa shape index (κ3) is 20.2. The van der Waals surface area contributed by atoms with Gasteiger partial charge >= 0.3 is 12.1 Å². The molecule has 4 amide bonds. The van der Waals surface area contributed by atoms with Crippen LogP contribution in [0, 0.1) is 19.7 Å². The number of isocyanates is 1. The Hall–Kier alpha value is -7.00. The zero-order chi connectivity index (χ0) is 65.1. The predicted octanol–water partition coefficient (Wildman–Crippen LogP) is 21.6. The highest BCUT2D eigenvalue weighted by atomic mass is 79.9. The summed E-state index contributed by atoms with van der Waals surface area (Å²) in [6, 6.07) is 57.4. The Morgan fingerprint density at radius 2 is 1.01 bits per heavy atom. The van der Waals surface area contributed by atoms with Crippen molar-refractivity contribution in [3.8, 4) is 0 Å². The molecule has 90 heavy (non-hydrogen) atoms. The van der Waals surface area contributed by atoms with Crippen LogP contribution in [0.4, 0.5) is 55.1 Å². The number of hydrogen-bond donors (Lipinski definition) is 4.